The van der Waals surface area contributed by atoms with Gasteiger partial charge >= 0.3 is 17.2 Å². The molecule has 37 heavy (non-hydrogen) atoms. The van der Waals surface area contributed by atoms with Gasteiger partial charge in [-0.15, -0.1) is 0 Å². The fourth-order valence-electron chi connectivity index (χ4n) is 3.71. The number of thiazole rings is 1. The Morgan fingerprint density at radius 3 is 2.65 bits per heavy atom. The van der Waals surface area contributed by atoms with Gasteiger partial charge in [-0.05, 0) is 66.9 Å². The number of rotatable bonds is 8. The molecule has 14 heteroatoms. The number of aliphatic hydroxyl groups is 1. The second-order valence-corrected chi connectivity index (χ2v) is 11.0. The van der Waals surface area contributed by atoms with Gasteiger partial charge in [0.15, 0.2) is 5.13 Å². The predicted octanol–water partition coefficient (Wildman–Crippen LogP) is 3.94. The predicted molar refractivity (Wildman–Crippen MR) is 140 cm³/mol. The Morgan fingerprint density at radius 1 is 1.27 bits per heavy atom. The van der Waals surface area contributed by atoms with E-state index in [9.17, 15) is 20.0 Å². The number of carbonyl (C=O) groups excluding carboxylic acids is 1. The summed E-state index contributed by atoms with van der Waals surface area (Å²) in [6.45, 7) is 8.35. The molecule has 1 fully saturated rings. The van der Waals surface area contributed by atoms with E-state index in [-0.39, 0.29) is 36.8 Å². The monoisotopic (exact) mass is 552 g/mol. The molecule has 0 bridgehead atoms. The van der Waals surface area contributed by atoms with E-state index in [0.29, 0.717) is 31.9 Å². The smallest absolute Gasteiger partial charge is 0.410 e. The van der Waals surface area contributed by atoms with Crippen LogP contribution in [0, 0.1) is 10.1 Å². The summed E-state index contributed by atoms with van der Waals surface area (Å²) < 4.78 is 13.6. The number of ether oxygens (including phenoxy) is 2. The number of hydrogen-bond acceptors (Lipinski definition) is 10. The van der Waals surface area contributed by atoms with Crippen LogP contribution in [0.1, 0.15) is 27.2 Å². The second-order valence-electron chi connectivity index (χ2n) is 9.65. The maximum Gasteiger partial charge on any atom is 0.410 e. The van der Waals surface area contributed by atoms with Crippen molar-refractivity contribution in [2.75, 3.05) is 37.7 Å². The zero-order chi connectivity index (χ0) is 26.7. The van der Waals surface area contributed by atoms with E-state index < -0.39 is 16.6 Å². The van der Waals surface area contributed by atoms with Crippen LogP contribution in [0.5, 0.6) is 5.75 Å². The number of fused-ring (bicyclic) bond motifs is 1. The number of nitrogens with zero attached hydrogens (tertiary/aromatic N) is 6. The third-order valence-electron chi connectivity index (χ3n) is 5.60. The Hall–Kier alpha value is -3.16. The molecule has 3 heterocycles. The van der Waals surface area contributed by atoms with Gasteiger partial charge in [-0.3, -0.25) is 4.57 Å². The molecule has 0 aliphatic carbocycles. The highest BCUT2D eigenvalue weighted by Crippen LogP contribution is 2.32. The van der Waals surface area contributed by atoms with Crippen molar-refractivity contribution in [1.82, 2.24) is 19.4 Å². The summed E-state index contributed by atoms with van der Waals surface area (Å²) in [6.07, 6.45) is 0.430. The van der Waals surface area contributed by atoms with Gasteiger partial charge in [-0.2, -0.15) is 0 Å². The van der Waals surface area contributed by atoms with E-state index in [4.69, 9.17) is 26.1 Å². The van der Waals surface area contributed by atoms with Gasteiger partial charge in [0.2, 0.25) is 0 Å². The van der Waals surface area contributed by atoms with Crippen LogP contribution in [0.25, 0.3) is 10.2 Å². The summed E-state index contributed by atoms with van der Waals surface area (Å²) in [4.78, 5) is 34.7. The molecule has 0 unspecified atom stereocenters. The number of piperazine rings is 1. The summed E-state index contributed by atoms with van der Waals surface area (Å²) in [5.41, 5.74) is 0.326. The summed E-state index contributed by atoms with van der Waals surface area (Å²) in [7, 11) is 0. The lowest BCUT2D eigenvalue weighted by molar-refractivity contribution is -0.389. The lowest BCUT2D eigenvalue weighted by atomic mass is 10.2. The van der Waals surface area contributed by atoms with Crippen LogP contribution >= 0.6 is 22.9 Å². The average molecular weight is 553 g/mol. The molecular formula is C23H29ClN6O6S. The molecule has 3 aromatic rings. The van der Waals surface area contributed by atoms with Crippen LogP contribution in [0.4, 0.5) is 15.7 Å². The minimum Gasteiger partial charge on any atom is -0.491 e. The second kappa shape index (κ2) is 11.1. The highest BCUT2D eigenvalue weighted by molar-refractivity contribution is 7.22. The molecule has 1 aromatic carbocycles. The normalized spacial score (nSPS) is 15.2. The minimum atomic E-state index is -0.800. The van der Waals surface area contributed by atoms with E-state index in [1.807, 2.05) is 32.9 Å². The third kappa shape index (κ3) is 6.99. The number of aryl methyl sites for hydroxylation is 1. The first-order chi connectivity index (χ1) is 17.5. The average Bonchev–Trinajstić information content (AvgIpc) is 3.43. The Labute approximate surface area is 222 Å². The van der Waals surface area contributed by atoms with Crippen molar-refractivity contribution < 1.29 is 24.3 Å². The molecule has 12 nitrogen and oxygen atoms in total. The van der Waals surface area contributed by atoms with E-state index in [1.165, 1.54) is 10.8 Å². The van der Waals surface area contributed by atoms with Crippen LogP contribution in [-0.2, 0) is 11.3 Å². The van der Waals surface area contributed by atoms with Crippen molar-refractivity contribution in [1.29, 1.82) is 0 Å². The number of amides is 1. The van der Waals surface area contributed by atoms with Gasteiger partial charge in [0.25, 0.3) is 0 Å². The number of benzene rings is 1. The minimum absolute atomic E-state index is 0.00229. The van der Waals surface area contributed by atoms with Gasteiger partial charge < -0.3 is 34.5 Å². The summed E-state index contributed by atoms with van der Waals surface area (Å²) in [5.74, 6) is 0.269. The molecule has 200 valence electrons. The number of carbonyl (C=O) groups is 1. The molecule has 1 aliphatic rings. The molecule has 1 aliphatic heterocycles. The maximum absolute atomic E-state index is 12.3. The summed E-state index contributed by atoms with van der Waals surface area (Å²) in [6, 6.07) is 5.56. The Bertz CT molecular complexity index is 1270. The summed E-state index contributed by atoms with van der Waals surface area (Å²) >= 11 is 7.45. The standard InChI is InChI=1S/C23H29ClN6O6S/c1-23(2,3)36-22(32)28-10-8-27(9-11-28)21-25-17-5-4-16(12-18(17)37-21)35-14-15(31)6-7-29-13-19(30(33)34)26-20(29)24/h4-5,12-13,15,31H,6-11,14H2,1-3H3/t15-/m0/s1. The molecule has 2 aromatic heterocycles. The zero-order valence-corrected chi connectivity index (χ0v) is 22.4. The molecule has 0 radical (unpaired) electrons. The van der Waals surface area contributed by atoms with Gasteiger partial charge in [0.1, 0.15) is 24.2 Å². The van der Waals surface area contributed by atoms with Crippen molar-refractivity contribution in [3.63, 3.8) is 0 Å². The lowest BCUT2D eigenvalue weighted by Crippen LogP contribution is -2.50. The van der Waals surface area contributed by atoms with Crippen LogP contribution in [0.2, 0.25) is 5.28 Å². The van der Waals surface area contributed by atoms with E-state index in [0.717, 1.165) is 15.3 Å². The number of halogens is 1. The SMILES string of the molecule is CC(C)(C)OC(=O)N1CCN(c2nc3ccc(OC[C@@H](O)CCn4cc([N+](=O)[O-])nc4Cl)cc3s2)CC1. The molecule has 1 N–H and O–H groups in total. The topological polar surface area (TPSA) is 136 Å². The Morgan fingerprint density at radius 2 is 2.00 bits per heavy atom. The fourth-order valence-corrected chi connectivity index (χ4v) is 4.98. The van der Waals surface area contributed by atoms with Crippen LogP contribution in [0.15, 0.2) is 24.4 Å². The Balaban J connectivity index is 1.28. The van der Waals surface area contributed by atoms with E-state index >= 15 is 0 Å². The highest BCUT2D eigenvalue weighted by atomic mass is 35.5. The van der Waals surface area contributed by atoms with Crippen molar-refractivity contribution in [3.8, 4) is 5.75 Å². The molecule has 4 rings (SSSR count). The number of imidazole rings is 1. The van der Waals surface area contributed by atoms with Gasteiger partial charge in [-0.25, -0.2) is 9.78 Å². The molecule has 1 atom stereocenters. The first-order valence-corrected chi connectivity index (χ1v) is 13.0. The van der Waals surface area contributed by atoms with Crippen molar-refractivity contribution in [3.05, 3.63) is 39.8 Å². The van der Waals surface area contributed by atoms with Crippen LogP contribution < -0.4 is 9.64 Å². The van der Waals surface area contributed by atoms with E-state index in [1.54, 1.807) is 22.3 Å². The van der Waals surface area contributed by atoms with Crippen molar-refractivity contribution >= 4 is 50.2 Å². The first-order valence-electron chi connectivity index (χ1n) is 11.8. The maximum atomic E-state index is 12.3. The van der Waals surface area contributed by atoms with Gasteiger partial charge in [0, 0.05) is 32.7 Å². The van der Waals surface area contributed by atoms with Gasteiger partial charge in [-0.1, -0.05) is 11.3 Å². The molecule has 1 saturated heterocycles. The number of aromatic nitrogens is 3. The zero-order valence-electron chi connectivity index (χ0n) is 20.8. The molecule has 0 spiro atoms. The lowest BCUT2D eigenvalue weighted by Gasteiger charge is -2.35. The van der Waals surface area contributed by atoms with Gasteiger partial charge in [0.05, 0.1) is 16.3 Å². The number of hydrogen-bond donors (Lipinski definition) is 1. The quantitative estimate of drug-likeness (QED) is 0.325. The van der Waals surface area contributed by atoms with Crippen molar-refractivity contribution in [2.24, 2.45) is 0 Å². The molecular weight excluding hydrogens is 524 g/mol. The third-order valence-corrected chi connectivity index (χ3v) is 6.98. The number of aliphatic hydroxyl groups excluding tert-OH is 1. The Kier molecular flexibility index (Phi) is 8.05. The van der Waals surface area contributed by atoms with Crippen LogP contribution in [-0.4, -0.2) is 80.0 Å². The number of anilines is 1. The van der Waals surface area contributed by atoms with Crippen molar-refractivity contribution in [2.45, 2.75) is 45.4 Å². The van der Waals surface area contributed by atoms with Crippen LogP contribution in [0.3, 0.4) is 0 Å². The largest absolute Gasteiger partial charge is 0.491 e. The fraction of sp³-hybridized carbons (Fsp3) is 0.522. The first kappa shape index (κ1) is 26.9. The molecule has 1 amide bonds. The summed E-state index contributed by atoms with van der Waals surface area (Å²) in [5, 5.41) is 22.0. The van der Waals surface area contributed by atoms with E-state index in [2.05, 4.69) is 9.88 Å². The highest BCUT2D eigenvalue weighted by Gasteiger charge is 2.27. The molecule has 0 saturated carbocycles. The number of nitro groups is 1.